The van der Waals surface area contributed by atoms with Crippen molar-refractivity contribution in [3.8, 4) is 6.19 Å². The van der Waals surface area contributed by atoms with Gasteiger partial charge in [-0.1, -0.05) is 11.8 Å². The average Bonchev–Trinajstić information content (AvgIpc) is 2.31. The summed E-state index contributed by atoms with van der Waals surface area (Å²) in [5.41, 5.74) is -1.78. The topological polar surface area (TPSA) is 48.2 Å². The minimum Gasteiger partial charge on any atom is -0.271 e. The second-order valence-corrected chi connectivity index (χ2v) is 3.75. The Morgan fingerprint density at radius 3 is 2.61 bits per heavy atom. The largest absolute Gasteiger partial charge is 0.271 e. The van der Waals surface area contributed by atoms with Crippen LogP contribution in [0.2, 0.25) is 0 Å². The summed E-state index contributed by atoms with van der Waals surface area (Å²) in [5, 5.41) is 10.5. The minimum atomic E-state index is -3.28. The smallest absolute Gasteiger partial charge is 0.269 e. The van der Waals surface area contributed by atoms with Crippen molar-refractivity contribution in [1.82, 2.24) is 5.32 Å². The van der Waals surface area contributed by atoms with Crippen molar-refractivity contribution in [3.05, 3.63) is 29.3 Å². The van der Waals surface area contributed by atoms with E-state index in [0.29, 0.717) is 6.07 Å². The molecule has 3 nitrogen and oxygen atoms in total. The number of amidine groups is 1. The third-order valence-electron chi connectivity index (χ3n) is 1.90. The van der Waals surface area contributed by atoms with Crippen LogP contribution in [0.5, 0.6) is 0 Å². The van der Waals surface area contributed by atoms with Crippen molar-refractivity contribution in [3.63, 3.8) is 0 Å². The van der Waals surface area contributed by atoms with Crippen LogP contribution in [0.1, 0.15) is 12.0 Å². The molecular formula is C10H7F4N3S. The number of thioether (sulfide) groups is 1. The van der Waals surface area contributed by atoms with Gasteiger partial charge in [0.1, 0.15) is 11.5 Å². The van der Waals surface area contributed by atoms with Crippen LogP contribution in [0, 0.1) is 23.1 Å². The predicted molar refractivity (Wildman–Crippen MR) is 60.7 cm³/mol. The van der Waals surface area contributed by atoms with Crippen LogP contribution in [0.3, 0.4) is 0 Å². The van der Waals surface area contributed by atoms with Gasteiger partial charge in [0, 0.05) is 0 Å². The van der Waals surface area contributed by atoms with E-state index < -0.39 is 29.3 Å². The van der Waals surface area contributed by atoms with Crippen molar-refractivity contribution >= 4 is 22.6 Å². The average molecular weight is 277 g/mol. The lowest BCUT2D eigenvalue weighted by Crippen LogP contribution is -2.12. The first-order valence-electron chi connectivity index (χ1n) is 4.55. The summed E-state index contributed by atoms with van der Waals surface area (Å²) in [7, 11) is 0. The summed E-state index contributed by atoms with van der Waals surface area (Å²) in [6, 6.07) is 1.62. The SMILES string of the molecule is CSC(=Nc1ccc(F)c(C(F)F)c1F)NC#N. The zero-order chi connectivity index (χ0) is 13.7. The van der Waals surface area contributed by atoms with E-state index in [1.165, 1.54) is 0 Å². The molecule has 0 aliphatic carbocycles. The summed E-state index contributed by atoms with van der Waals surface area (Å²) >= 11 is 0.985. The summed E-state index contributed by atoms with van der Waals surface area (Å²) < 4.78 is 51.4. The zero-order valence-corrected chi connectivity index (χ0v) is 9.86. The standard InChI is InChI=1S/C10H7F4N3S/c1-18-10(16-4-15)17-6-3-2-5(11)7(8(6)12)9(13)14/h2-3,9H,1H3,(H,16,17). The van der Waals surface area contributed by atoms with E-state index in [-0.39, 0.29) is 5.17 Å². The highest BCUT2D eigenvalue weighted by Crippen LogP contribution is 2.31. The Bertz CT molecular complexity index is 511. The number of nitrogens with zero attached hydrogens (tertiary/aromatic N) is 2. The molecule has 1 aromatic carbocycles. The molecule has 0 saturated carbocycles. The number of aliphatic imine (C=N–C) groups is 1. The fourth-order valence-corrected chi connectivity index (χ4v) is 1.46. The highest BCUT2D eigenvalue weighted by Gasteiger charge is 2.21. The molecule has 1 rings (SSSR count). The summed E-state index contributed by atoms with van der Waals surface area (Å²) in [4.78, 5) is 3.62. The summed E-state index contributed by atoms with van der Waals surface area (Å²) in [6.07, 6.45) is -0.161. The van der Waals surface area contributed by atoms with Gasteiger partial charge in [-0.15, -0.1) is 0 Å². The normalized spacial score (nSPS) is 11.5. The first-order chi connectivity index (χ1) is 8.51. The number of alkyl halides is 2. The van der Waals surface area contributed by atoms with Crippen LogP contribution in [-0.4, -0.2) is 11.4 Å². The van der Waals surface area contributed by atoms with Gasteiger partial charge in [0.15, 0.2) is 17.2 Å². The van der Waals surface area contributed by atoms with E-state index in [1.807, 2.05) is 0 Å². The number of benzene rings is 1. The molecule has 0 radical (unpaired) electrons. The summed E-state index contributed by atoms with van der Waals surface area (Å²) in [6.45, 7) is 0. The van der Waals surface area contributed by atoms with Crippen LogP contribution in [-0.2, 0) is 0 Å². The number of hydrogen-bond acceptors (Lipinski definition) is 3. The highest BCUT2D eigenvalue weighted by atomic mass is 32.2. The molecule has 0 amide bonds. The third-order valence-corrected chi connectivity index (χ3v) is 2.48. The second kappa shape index (κ2) is 6.26. The third kappa shape index (κ3) is 3.13. The van der Waals surface area contributed by atoms with Crippen LogP contribution < -0.4 is 5.32 Å². The van der Waals surface area contributed by atoms with Crippen molar-refractivity contribution in [2.45, 2.75) is 6.43 Å². The molecular weight excluding hydrogens is 270 g/mol. The Balaban J connectivity index is 3.27. The Morgan fingerprint density at radius 2 is 2.11 bits per heavy atom. The molecule has 8 heteroatoms. The fourth-order valence-electron chi connectivity index (χ4n) is 1.13. The van der Waals surface area contributed by atoms with Crippen LogP contribution in [0.15, 0.2) is 17.1 Å². The van der Waals surface area contributed by atoms with Gasteiger partial charge >= 0.3 is 0 Å². The number of rotatable bonds is 2. The van der Waals surface area contributed by atoms with Crippen molar-refractivity contribution in [2.24, 2.45) is 4.99 Å². The molecule has 0 unspecified atom stereocenters. The van der Waals surface area contributed by atoms with Crippen LogP contribution in [0.4, 0.5) is 23.2 Å². The molecule has 0 aliphatic rings. The maximum atomic E-state index is 13.6. The maximum Gasteiger partial charge on any atom is 0.269 e. The first-order valence-corrected chi connectivity index (χ1v) is 5.77. The number of hydrogen-bond donors (Lipinski definition) is 1. The molecule has 0 aliphatic heterocycles. The lowest BCUT2D eigenvalue weighted by molar-refractivity contribution is 0.141. The van der Waals surface area contributed by atoms with Crippen LogP contribution >= 0.6 is 11.8 Å². The van der Waals surface area contributed by atoms with Gasteiger partial charge in [-0.05, 0) is 18.4 Å². The molecule has 1 aromatic rings. The second-order valence-electron chi connectivity index (χ2n) is 2.95. The van der Waals surface area contributed by atoms with E-state index in [0.717, 1.165) is 17.8 Å². The van der Waals surface area contributed by atoms with E-state index in [4.69, 9.17) is 5.26 Å². The molecule has 0 heterocycles. The molecule has 18 heavy (non-hydrogen) atoms. The molecule has 0 spiro atoms. The molecule has 0 saturated heterocycles. The van der Waals surface area contributed by atoms with Crippen molar-refractivity contribution < 1.29 is 17.6 Å². The molecule has 1 N–H and O–H groups in total. The fraction of sp³-hybridized carbons (Fsp3) is 0.200. The van der Waals surface area contributed by atoms with Gasteiger partial charge in [0.25, 0.3) is 6.43 Å². The predicted octanol–water partition coefficient (Wildman–Crippen LogP) is 3.32. The van der Waals surface area contributed by atoms with E-state index in [2.05, 4.69) is 10.3 Å². The lowest BCUT2D eigenvalue weighted by atomic mass is 10.2. The van der Waals surface area contributed by atoms with Gasteiger partial charge in [0.2, 0.25) is 0 Å². The Morgan fingerprint density at radius 1 is 1.44 bits per heavy atom. The Labute approximate surface area is 105 Å². The monoisotopic (exact) mass is 277 g/mol. The molecule has 96 valence electrons. The molecule has 0 atom stereocenters. The van der Waals surface area contributed by atoms with E-state index >= 15 is 0 Å². The van der Waals surface area contributed by atoms with Crippen molar-refractivity contribution in [2.75, 3.05) is 6.26 Å². The molecule has 0 bridgehead atoms. The Hall–Kier alpha value is -1.75. The number of halogens is 4. The Kier molecular flexibility index (Phi) is 4.97. The number of nitriles is 1. The van der Waals surface area contributed by atoms with E-state index in [1.54, 1.807) is 12.4 Å². The zero-order valence-electron chi connectivity index (χ0n) is 9.05. The highest BCUT2D eigenvalue weighted by molar-refractivity contribution is 8.13. The first kappa shape index (κ1) is 14.3. The molecule has 0 aromatic heterocycles. The maximum absolute atomic E-state index is 13.6. The van der Waals surface area contributed by atoms with Gasteiger partial charge in [0.05, 0.1) is 5.56 Å². The quantitative estimate of drug-likeness (QED) is 0.296. The van der Waals surface area contributed by atoms with E-state index in [9.17, 15) is 17.6 Å². The van der Waals surface area contributed by atoms with Gasteiger partial charge in [-0.3, -0.25) is 5.32 Å². The van der Waals surface area contributed by atoms with Gasteiger partial charge in [-0.2, -0.15) is 5.26 Å². The number of nitrogens with one attached hydrogen (secondary N) is 1. The minimum absolute atomic E-state index is 0.0169. The molecule has 0 fully saturated rings. The van der Waals surface area contributed by atoms with Crippen molar-refractivity contribution in [1.29, 1.82) is 5.26 Å². The summed E-state index contributed by atoms with van der Waals surface area (Å²) in [5.74, 6) is -2.77. The van der Waals surface area contributed by atoms with Crippen LogP contribution in [0.25, 0.3) is 0 Å². The lowest BCUT2D eigenvalue weighted by Gasteiger charge is -2.06. The van der Waals surface area contributed by atoms with Gasteiger partial charge in [-0.25, -0.2) is 22.6 Å². The van der Waals surface area contributed by atoms with Gasteiger partial charge < -0.3 is 0 Å².